The lowest BCUT2D eigenvalue weighted by Gasteiger charge is -2.28. The summed E-state index contributed by atoms with van der Waals surface area (Å²) in [4.78, 5) is 10.9. The smallest absolute Gasteiger partial charge is 0.306 e. The number of methoxy groups -OCH3 is 1. The molecule has 5 heteroatoms. The van der Waals surface area contributed by atoms with E-state index in [2.05, 4.69) is 0 Å². The van der Waals surface area contributed by atoms with Crippen molar-refractivity contribution in [2.45, 2.75) is 31.8 Å². The first-order chi connectivity index (χ1) is 8.42. The number of carboxylic acids is 1. The van der Waals surface area contributed by atoms with E-state index in [0.717, 1.165) is 6.07 Å². The quantitative estimate of drug-likeness (QED) is 0.819. The zero-order chi connectivity index (χ0) is 13.8. The maximum Gasteiger partial charge on any atom is 0.306 e. The molecule has 0 amide bonds. The van der Waals surface area contributed by atoms with Crippen LogP contribution >= 0.6 is 0 Å². The fourth-order valence-corrected chi connectivity index (χ4v) is 2.03. The number of aliphatic hydroxyl groups is 1. The lowest BCUT2D eigenvalue weighted by molar-refractivity contribution is -0.143. The fraction of sp³-hybridized carbons (Fsp3) is 0.462. The third-order valence-electron chi connectivity index (χ3n) is 2.77. The topological polar surface area (TPSA) is 66.8 Å². The van der Waals surface area contributed by atoms with Gasteiger partial charge >= 0.3 is 5.97 Å². The van der Waals surface area contributed by atoms with E-state index in [-0.39, 0.29) is 17.7 Å². The molecule has 2 N–H and O–H groups in total. The molecule has 0 radical (unpaired) electrons. The van der Waals surface area contributed by atoms with Gasteiger partial charge in [0.05, 0.1) is 13.5 Å². The second-order valence-corrected chi connectivity index (χ2v) is 4.20. The van der Waals surface area contributed by atoms with Gasteiger partial charge in [-0.25, -0.2) is 4.39 Å². The van der Waals surface area contributed by atoms with Crippen LogP contribution in [-0.4, -0.2) is 23.3 Å². The third kappa shape index (κ3) is 3.20. The van der Waals surface area contributed by atoms with E-state index < -0.39 is 23.8 Å². The van der Waals surface area contributed by atoms with Crippen molar-refractivity contribution in [3.63, 3.8) is 0 Å². The molecule has 0 heterocycles. The van der Waals surface area contributed by atoms with Crippen LogP contribution in [0.1, 0.15) is 31.7 Å². The van der Waals surface area contributed by atoms with Gasteiger partial charge in [-0.2, -0.15) is 0 Å². The van der Waals surface area contributed by atoms with E-state index in [1.54, 1.807) is 0 Å². The van der Waals surface area contributed by atoms with E-state index in [9.17, 15) is 14.3 Å². The van der Waals surface area contributed by atoms with Crippen molar-refractivity contribution in [1.82, 2.24) is 0 Å². The Kier molecular flexibility index (Phi) is 4.67. The molecule has 1 rings (SSSR count). The van der Waals surface area contributed by atoms with E-state index in [1.807, 2.05) is 6.92 Å². The van der Waals surface area contributed by atoms with Gasteiger partial charge in [-0.05, 0) is 24.6 Å². The lowest BCUT2D eigenvalue weighted by Crippen LogP contribution is -2.29. The summed E-state index contributed by atoms with van der Waals surface area (Å²) in [6, 6.07) is 3.71. The number of ether oxygens (including phenoxy) is 1. The van der Waals surface area contributed by atoms with Gasteiger partial charge in [0.2, 0.25) is 0 Å². The number of halogens is 1. The Balaban J connectivity index is 3.27. The van der Waals surface area contributed by atoms with Crippen LogP contribution in [0.5, 0.6) is 5.75 Å². The van der Waals surface area contributed by atoms with Crippen molar-refractivity contribution in [3.05, 3.63) is 29.6 Å². The summed E-state index contributed by atoms with van der Waals surface area (Å²) in [5, 5.41) is 19.3. The summed E-state index contributed by atoms with van der Waals surface area (Å²) in [6.07, 6.45) is 0.309. The lowest BCUT2D eigenvalue weighted by atomic mass is 9.85. The van der Waals surface area contributed by atoms with Crippen molar-refractivity contribution in [2.75, 3.05) is 7.11 Å². The van der Waals surface area contributed by atoms with Crippen molar-refractivity contribution >= 4 is 5.97 Å². The molecule has 0 aliphatic carbocycles. The molecule has 0 aliphatic heterocycles. The van der Waals surface area contributed by atoms with Gasteiger partial charge in [0.25, 0.3) is 0 Å². The van der Waals surface area contributed by atoms with Crippen LogP contribution in [0.25, 0.3) is 0 Å². The third-order valence-corrected chi connectivity index (χ3v) is 2.77. The molecule has 100 valence electrons. The minimum atomic E-state index is -1.62. The summed E-state index contributed by atoms with van der Waals surface area (Å²) in [7, 11) is 1.39. The first kappa shape index (κ1) is 14.4. The average Bonchev–Trinajstić information content (AvgIpc) is 2.28. The summed E-state index contributed by atoms with van der Waals surface area (Å²) < 4.78 is 18.3. The molecule has 1 unspecified atom stereocenters. The van der Waals surface area contributed by atoms with Gasteiger partial charge in [0.15, 0.2) is 0 Å². The maximum absolute atomic E-state index is 13.3. The zero-order valence-corrected chi connectivity index (χ0v) is 10.4. The van der Waals surface area contributed by atoms with Gasteiger partial charge in [-0.15, -0.1) is 0 Å². The number of aliphatic carboxylic acids is 1. The number of benzene rings is 1. The molecule has 0 bridgehead atoms. The SMILES string of the molecule is CCCC(O)(CC(=O)O)c1cc(F)ccc1OC. The van der Waals surface area contributed by atoms with Crippen molar-refractivity contribution < 1.29 is 24.1 Å². The Bertz CT molecular complexity index is 433. The van der Waals surface area contributed by atoms with Crippen LogP contribution in [0.3, 0.4) is 0 Å². The van der Waals surface area contributed by atoms with E-state index in [4.69, 9.17) is 9.84 Å². The van der Waals surface area contributed by atoms with E-state index in [0.29, 0.717) is 6.42 Å². The highest BCUT2D eigenvalue weighted by molar-refractivity contribution is 5.69. The maximum atomic E-state index is 13.3. The molecule has 18 heavy (non-hydrogen) atoms. The number of carboxylic acid groups (broad SMARTS) is 1. The Morgan fingerprint density at radius 2 is 2.17 bits per heavy atom. The van der Waals surface area contributed by atoms with Gasteiger partial charge < -0.3 is 14.9 Å². The highest BCUT2D eigenvalue weighted by Crippen LogP contribution is 2.36. The van der Waals surface area contributed by atoms with Crippen LogP contribution in [0.4, 0.5) is 4.39 Å². The highest BCUT2D eigenvalue weighted by Gasteiger charge is 2.34. The van der Waals surface area contributed by atoms with Crippen LogP contribution < -0.4 is 4.74 Å². The minimum absolute atomic E-state index is 0.175. The number of hydrogen-bond donors (Lipinski definition) is 2. The van der Waals surface area contributed by atoms with Crippen molar-refractivity contribution in [2.24, 2.45) is 0 Å². The largest absolute Gasteiger partial charge is 0.496 e. The number of carbonyl (C=O) groups is 1. The van der Waals surface area contributed by atoms with Crippen LogP contribution in [0.2, 0.25) is 0 Å². The predicted octanol–water partition coefficient (Wildman–Crippen LogP) is 2.30. The monoisotopic (exact) mass is 256 g/mol. The molecule has 4 nitrogen and oxygen atoms in total. The van der Waals surface area contributed by atoms with Gasteiger partial charge in [0.1, 0.15) is 17.2 Å². The Labute approximate surface area is 105 Å². The number of rotatable bonds is 6. The van der Waals surface area contributed by atoms with E-state index >= 15 is 0 Å². The zero-order valence-electron chi connectivity index (χ0n) is 10.4. The molecule has 0 saturated carbocycles. The second kappa shape index (κ2) is 5.82. The Morgan fingerprint density at radius 1 is 1.50 bits per heavy atom. The summed E-state index contributed by atoms with van der Waals surface area (Å²) in [5.41, 5.74) is -1.44. The molecule has 1 atom stereocenters. The van der Waals surface area contributed by atoms with Crippen molar-refractivity contribution in [1.29, 1.82) is 0 Å². The normalized spacial score (nSPS) is 14.0. The molecule has 0 aliphatic rings. The first-order valence-corrected chi connectivity index (χ1v) is 5.71. The molecule has 1 aromatic rings. The summed E-state index contributed by atoms with van der Waals surface area (Å²) in [6.45, 7) is 1.82. The molecular formula is C13H17FO4. The molecular weight excluding hydrogens is 239 g/mol. The fourth-order valence-electron chi connectivity index (χ4n) is 2.03. The van der Waals surface area contributed by atoms with Gasteiger partial charge in [-0.1, -0.05) is 13.3 Å². The van der Waals surface area contributed by atoms with Crippen LogP contribution in [0.15, 0.2) is 18.2 Å². The van der Waals surface area contributed by atoms with Crippen molar-refractivity contribution in [3.8, 4) is 5.75 Å². The van der Waals surface area contributed by atoms with Gasteiger partial charge in [-0.3, -0.25) is 4.79 Å². The standard InChI is InChI=1S/C13H17FO4/c1-3-6-13(17,8-12(15)16)10-7-9(14)4-5-11(10)18-2/h4-5,7,17H,3,6,8H2,1-2H3,(H,15,16). The Morgan fingerprint density at radius 3 is 2.67 bits per heavy atom. The van der Waals surface area contributed by atoms with Gasteiger partial charge in [0, 0.05) is 5.56 Å². The molecule has 0 spiro atoms. The molecule has 0 aromatic heterocycles. The van der Waals surface area contributed by atoms with Crippen LogP contribution in [0, 0.1) is 5.82 Å². The predicted molar refractivity (Wildman–Crippen MR) is 64.0 cm³/mol. The summed E-state index contributed by atoms with van der Waals surface area (Å²) >= 11 is 0. The molecule has 0 fully saturated rings. The number of hydrogen-bond acceptors (Lipinski definition) is 3. The Hall–Kier alpha value is -1.62. The van der Waals surface area contributed by atoms with E-state index in [1.165, 1.54) is 19.2 Å². The summed E-state index contributed by atoms with van der Waals surface area (Å²) in [5.74, 6) is -1.39. The second-order valence-electron chi connectivity index (χ2n) is 4.20. The molecule has 0 saturated heterocycles. The molecule has 1 aromatic carbocycles. The average molecular weight is 256 g/mol. The van der Waals surface area contributed by atoms with Crippen LogP contribution in [-0.2, 0) is 10.4 Å². The minimum Gasteiger partial charge on any atom is -0.496 e. The first-order valence-electron chi connectivity index (χ1n) is 5.71. The highest BCUT2D eigenvalue weighted by atomic mass is 19.1.